The number of rotatable bonds is 35. The number of hydrogen-bond acceptors (Lipinski definition) is 15. The molecule has 2 heterocycles. The Labute approximate surface area is 524 Å². The molecule has 90 heavy (non-hydrogen) atoms. The van der Waals surface area contributed by atoms with Crippen LogP contribution >= 0.6 is 0 Å². The summed E-state index contributed by atoms with van der Waals surface area (Å²) in [5.41, 5.74) is 4.49. The van der Waals surface area contributed by atoms with E-state index in [1.54, 1.807) is 55.9 Å². The van der Waals surface area contributed by atoms with Crippen LogP contribution in [0, 0.1) is 13.8 Å². The smallest absolute Gasteiger partial charge is 0.407 e. The van der Waals surface area contributed by atoms with Crippen molar-refractivity contribution in [2.24, 2.45) is 7.05 Å². The van der Waals surface area contributed by atoms with E-state index in [4.69, 9.17) is 33.4 Å². The molecule has 0 aliphatic rings. The number of sulfonamides is 1. The SMILES string of the molecule is COC(=O)[C@H](CNC(=O)c1cn(C)c2cc(CNc3nccn3C(c3ccccc3)(c3ccccc3)c3ccccc3)ccc2c1=O)NS(=O)(=O)c1c(C)cc(OCCCC(=O)NCCCOCCOCCOCCCNC(=O)OCc2ccccc2)cc1C. The van der Waals surface area contributed by atoms with Gasteiger partial charge in [0.15, 0.2) is 0 Å². The summed E-state index contributed by atoms with van der Waals surface area (Å²) in [4.78, 5) is 69.9. The van der Waals surface area contributed by atoms with Crippen LogP contribution in [0.3, 0.4) is 0 Å². The van der Waals surface area contributed by atoms with Gasteiger partial charge in [-0.15, -0.1) is 0 Å². The second-order valence-electron chi connectivity index (χ2n) is 21.2. The number of imidazole rings is 1. The number of carbonyl (C=O) groups excluding carboxylic acids is 4. The van der Waals surface area contributed by atoms with Crippen molar-refractivity contribution >= 4 is 50.8 Å². The standard InChI is InChI=1S/C68H78N8O13S/c1-49-42-56(88-37-17-28-61(77)69-31-18-35-85-38-40-87-41-39-86-36-19-32-71-67(81)89-48-51-20-9-5-10-21-51)43-50(2)63(49)90(82,83)74-59(65(80)84-4)46-72-64(79)58-47-75(3)60-44-52(29-30-57(60)62(58)78)45-73-66-70-33-34-76(66)68(53-22-11-6-12-23-53,54-24-13-7-14-25-54)55-26-15-8-16-27-55/h5-16,20-27,29-30,33-34,42-44,47,59,74H,17-19,28,31-32,35-41,45-46,48H2,1-4H3,(H,69,77)(H,70,73)(H,71,81)(H,72,79)/t59-/m0/s1. The predicted molar refractivity (Wildman–Crippen MR) is 342 cm³/mol. The second-order valence-corrected chi connectivity index (χ2v) is 22.9. The van der Waals surface area contributed by atoms with Gasteiger partial charge in [0, 0.05) is 76.8 Å². The maximum Gasteiger partial charge on any atom is 0.407 e. The van der Waals surface area contributed by atoms with Crippen LogP contribution in [0.4, 0.5) is 10.7 Å². The fourth-order valence-corrected chi connectivity index (χ4v) is 12.1. The molecule has 1 atom stereocenters. The highest BCUT2D eigenvalue weighted by Crippen LogP contribution is 2.42. The van der Waals surface area contributed by atoms with Crippen LogP contribution < -0.4 is 36.2 Å². The molecule has 0 radical (unpaired) electrons. The molecule has 0 saturated carbocycles. The largest absolute Gasteiger partial charge is 0.494 e. The van der Waals surface area contributed by atoms with E-state index in [-0.39, 0.29) is 41.4 Å². The van der Waals surface area contributed by atoms with Gasteiger partial charge >= 0.3 is 12.1 Å². The zero-order valence-electron chi connectivity index (χ0n) is 51.1. The highest BCUT2D eigenvalue weighted by molar-refractivity contribution is 7.89. The summed E-state index contributed by atoms with van der Waals surface area (Å²) in [5, 5.41) is 11.9. The zero-order chi connectivity index (χ0) is 63.7. The molecule has 3 amide bonds. The number of alkyl carbamates (subject to hydrolysis) is 1. The van der Waals surface area contributed by atoms with Crippen LogP contribution in [0.1, 0.15) is 75.0 Å². The van der Waals surface area contributed by atoms with Crippen LogP contribution in [0.2, 0.25) is 0 Å². The van der Waals surface area contributed by atoms with E-state index in [9.17, 15) is 32.4 Å². The fraction of sp³-hybridized carbons (Fsp3) is 0.324. The number of carbonyl (C=O) groups is 4. The van der Waals surface area contributed by atoms with Gasteiger partial charge in [0.25, 0.3) is 5.91 Å². The van der Waals surface area contributed by atoms with E-state index in [0.717, 1.165) is 34.9 Å². The van der Waals surface area contributed by atoms with Crippen molar-refractivity contribution in [3.8, 4) is 5.75 Å². The van der Waals surface area contributed by atoms with E-state index in [2.05, 4.69) is 67.0 Å². The normalized spacial score (nSPS) is 11.8. The Bertz CT molecular complexity index is 3700. The number of pyridine rings is 1. The van der Waals surface area contributed by atoms with Crippen molar-refractivity contribution in [2.45, 2.75) is 69.2 Å². The summed E-state index contributed by atoms with van der Waals surface area (Å²) >= 11 is 0. The van der Waals surface area contributed by atoms with Crippen molar-refractivity contribution in [3.05, 3.63) is 225 Å². The van der Waals surface area contributed by atoms with Crippen LogP contribution in [-0.2, 0) is 69.0 Å². The highest BCUT2D eigenvalue weighted by Gasteiger charge is 2.40. The number of aromatic nitrogens is 3. The lowest BCUT2D eigenvalue weighted by Crippen LogP contribution is -2.49. The van der Waals surface area contributed by atoms with E-state index in [1.807, 2.05) is 97.2 Å². The Balaban J connectivity index is 0.755. The molecule has 5 N–H and O–H groups in total. The average Bonchev–Trinajstić information content (AvgIpc) is 1.27. The molecular weight excluding hydrogens is 1170 g/mol. The summed E-state index contributed by atoms with van der Waals surface area (Å²) in [6.07, 6.45) is 6.53. The van der Waals surface area contributed by atoms with E-state index < -0.39 is 51.5 Å². The highest BCUT2D eigenvalue weighted by atomic mass is 32.2. The maximum atomic E-state index is 14.0. The van der Waals surface area contributed by atoms with Crippen molar-refractivity contribution in [2.75, 3.05) is 78.3 Å². The number of anilines is 1. The van der Waals surface area contributed by atoms with Gasteiger partial charge in [0.05, 0.1) is 50.6 Å². The number of nitrogens with zero attached hydrogens (tertiary/aromatic N) is 3. The number of nitrogens with one attached hydrogen (secondary N) is 5. The Morgan fingerprint density at radius 3 is 1.81 bits per heavy atom. The molecule has 8 rings (SSSR count). The van der Waals surface area contributed by atoms with Gasteiger partial charge in [0.2, 0.25) is 27.3 Å². The molecule has 0 saturated heterocycles. The van der Waals surface area contributed by atoms with Gasteiger partial charge in [-0.05, 0) is 96.3 Å². The lowest BCUT2D eigenvalue weighted by atomic mass is 9.76. The minimum absolute atomic E-state index is 0.1000. The number of methoxy groups -OCH3 is 1. The van der Waals surface area contributed by atoms with Crippen molar-refractivity contribution in [3.63, 3.8) is 0 Å². The lowest BCUT2D eigenvalue weighted by Gasteiger charge is -2.38. The van der Waals surface area contributed by atoms with Crippen molar-refractivity contribution in [1.82, 2.24) is 34.8 Å². The van der Waals surface area contributed by atoms with E-state index in [1.165, 1.54) is 6.20 Å². The Kier molecular flexibility index (Phi) is 24.8. The van der Waals surface area contributed by atoms with Crippen LogP contribution in [0.15, 0.2) is 180 Å². The van der Waals surface area contributed by atoms with Gasteiger partial charge < -0.3 is 54.3 Å². The number of amides is 3. The average molecular weight is 1250 g/mol. The van der Waals surface area contributed by atoms with Crippen molar-refractivity contribution in [1.29, 1.82) is 0 Å². The number of fused-ring (bicyclic) bond motifs is 1. The molecule has 2 aromatic heterocycles. The molecule has 0 aliphatic carbocycles. The first-order valence-electron chi connectivity index (χ1n) is 29.8. The molecule has 0 aliphatic heterocycles. The van der Waals surface area contributed by atoms with Gasteiger partial charge in [-0.2, -0.15) is 4.72 Å². The Hall–Kier alpha value is -9.19. The molecule has 474 valence electrons. The molecule has 0 fully saturated rings. The minimum atomic E-state index is -4.41. The minimum Gasteiger partial charge on any atom is -0.494 e. The molecule has 0 unspecified atom stereocenters. The first-order chi connectivity index (χ1) is 43.7. The monoisotopic (exact) mass is 1250 g/mol. The summed E-state index contributed by atoms with van der Waals surface area (Å²) in [6, 6.07) is 47.1. The van der Waals surface area contributed by atoms with Crippen LogP contribution in [0.5, 0.6) is 5.75 Å². The molecule has 6 aromatic carbocycles. The predicted octanol–water partition coefficient (Wildman–Crippen LogP) is 8.09. The van der Waals surface area contributed by atoms with E-state index in [0.29, 0.717) is 107 Å². The first-order valence-corrected chi connectivity index (χ1v) is 31.3. The van der Waals surface area contributed by atoms with Gasteiger partial charge in [-0.1, -0.05) is 127 Å². The lowest BCUT2D eigenvalue weighted by molar-refractivity contribution is -0.142. The maximum absolute atomic E-state index is 14.0. The van der Waals surface area contributed by atoms with Gasteiger partial charge in [-0.3, -0.25) is 23.7 Å². The quantitative estimate of drug-likeness (QED) is 0.0143. The third kappa shape index (κ3) is 18.0. The van der Waals surface area contributed by atoms with Crippen LogP contribution in [0.25, 0.3) is 10.9 Å². The van der Waals surface area contributed by atoms with Crippen LogP contribution in [-0.4, -0.2) is 125 Å². The molecule has 0 spiro atoms. The van der Waals surface area contributed by atoms with Gasteiger partial charge in [0.1, 0.15) is 29.5 Å². The molecule has 22 heteroatoms. The number of hydrogen-bond donors (Lipinski definition) is 5. The zero-order valence-corrected chi connectivity index (χ0v) is 51.9. The number of benzene rings is 6. The van der Waals surface area contributed by atoms with Crippen molar-refractivity contribution < 1.29 is 56.0 Å². The number of ether oxygens (including phenoxy) is 6. The summed E-state index contributed by atoms with van der Waals surface area (Å²) in [5.74, 6) is -0.940. The molecule has 21 nitrogen and oxygen atoms in total. The third-order valence-corrected chi connectivity index (χ3v) is 16.6. The number of esters is 1. The first kappa shape index (κ1) is 66.8. The Morgan fingerprint density at radius 2 is 1.22 bits per heavy atom. The van der Waals surface area contributed by atoms with Gasteiger partial charge in [-0.25, -0.2) is 18.2 Å². The molecule has 8 aromatic rings. The molecular formula is C68H78N8O13S. The van der Waals surface area contributed by atoms with E-state index >= 15 is 0 Å². The summed E-state index contributed by atoms with van der Waals surface area (Å²) < 4.78 is 66.8. The second kappa shape index (κ2) is 33.4. The Morgan fingerprint density at radius 1 is 0.656 bits per heavy atom. The summed E-state index contributed by atoms with van der Waals surface area (Å²) in [6.45, 7) is 6.79. The number of aryl methyl sites for hydroxylation is 3. The fourth-order valence-electron chi connectivity index (χ4n) is 10.5. The summed E-state index contributed by atoms with van der Waals surface area (Å²) in [7, 11) is -1.60. The third-order valence-electron chi connectivity index (χ3n) is 14.8. The molecule has 0 bridgehead atoms. The topological polar surface area (TPSA) is 258 Å².